The molecule has 7 nitrogen and oxygen atoms in total. The summed E-state index contributed by atoms with van der Waals surface area (Å²) in [6.07, 6.45) is 0. The Bertz CT molecular complexity index is 734. The topological polar surface area (TPSA) is 87.9 Å². The number of carbonyl (C=O) groups is 1. The van der Waals surface area contributed by atoms with Gasteiger partial charge in [0, 0.05) is 12.1 Å². The van der Waals surface area contributed by atoms with Crippen LogP contribution >= 0.6 is 11.6 Å². The Morgan fingerprint density at radius 3 is 2.48 bits per heavy atom. The third-order valence-electron chi connectivity index (χ3n) is 2.76. The number of methoxy groups -OCH3 is 1. The molecule has 0 saturated heterocycles. The van der Waals surface area contributed by atoms with E-state index >= 15 is 0 Å². The molecule has 0 radical (unpaired) electrons. The Morgan fingerprint density at radius 1 is 1.17 bits per heavy atom. The summed E-state index contributed by atoms with van der Waals surface area (Å²) in [6.45, 7) is -0.367. The maximum atomic E-state index is 11.8. The Hall–Kier alpha value is -2.80. The summed E-state index contributed by atoms with van der Waals surface area (Å²) in [6, 6.07) is 10.4. The van der Waals surface area contributed by atoms with Crippen LogP contribution in [0.3, 0.4) is 0 Å². The van der Waals surface area contributed by atoms with Gasteiger partial charge in [-0.15, -0.1) is 0 Å². The summed E-state index contributed by atoms with van der Waals surface area (Å²) in [7, 11) is 1.48. The van der Waals surface area contributed by atoms with E-state index in [1.54, 1.807) is 24.3 Å². The molecular weight excluding hydrogens is 326 g/mol. The molecule has 0 saturated carbocycles. The van der Waals surface area contributed by atoms with Crippen LogP contribution in [0.15, 0.2) is 42.5 Å². The van der Waals surface area contributed by atoms with Crippen LogP contribution in [0, 0.1) is 10.1 Å². The van der Waals surface area contributed by atoms with Crippen LogP contribution in [0.2, 0.25) is 5.02 Å². The molecule has 0 fully saturated rings. The molecule has 0 aromatic heterocycles. The minimum absolute atomic E-state index is 0.0193. The first-order chi connectivity index (χ1) is 11.0. The molecule has 120 valence electrons. The lowest BCUT2D eigenvalue weighted by atomic mass is 10.3. The molecule has 0 spiro atoms. The number of nitrogens with zero attached hydrogens (tertiary/aromatic N) is 1. The Kier molecular flexibility index (Phi) is 5.37. The quantitative estimate of drug-likeness (QED) is 0.348. The normalized spacial score (nSPS) is 10.0. The fourth-order valence-electron chi connectivity index (χ4n) is 1.71. The van der Waals surface area contributed by atoms with Crippen LogP contribution in [0.1, 0.15) is 0 Å². The van der Waals surface area contributed by atoms with E-state index in [4.69, 9.17) is 25.8 Å². The number of non-ortho nitro benzene ring substituents is 1. The number of hydrogen-bond donors (Lipinski definition) is 0. The maximum Gasteiger partial charge on any atom is 0.349 e. The molecule has 2 aromatic carbocycles. The van der Waals surface area contributed by atoms with Crippen molar-refractivity contribution in [1.82, 2.24) is 0 Å². The lowest BCUT2D eigenvalue weighted by Crippen LogP contribution is -2.18. The molecule has 2 rings (SSSR count). The van der Waals surface area contributed by atoms with Crippen molar-refractivity contribution in [3.8, 4) is 17.2 Å². The number of hydrogen-bond acceptors (Lipinski definition) is 6. The van der Waals surface area contributed by atoms with Crippen LogP contribution < -0.4 is 14.2 Å². The summed E-state index contributed by atoms with van der Waals surface area (Å²) in [5.41, 5.74) is -0.194. The number of para-hydroxylation sites is 2. The largest absolute Gasteiger partial charge is 0.493 e. The van der Waals surface area contributed by atoms with Crippen molar-refractivity contribution in [2.24, 2.45) is 0 Å². The highest BCUT2D eigenvalue weighted by molar-refractivity contribution is 6.32. The van der Waals surface area contributed by atoms with Gasteiger partial charge in [-0.1, -0.05) is 23.7 Å². The minimum Gasteiger partial charge on any atom is -0.493 e. The third-order valence-corrected chi connectivity index (χ3v) is 3.06. The van der Waals surface area contributed by atoms with E-state index in [9.17, 15) is 14.9 Å². The summed E-state index contributed by atoms with van der Waals surface area (Å²) in [5, 5.41) is 10.6. The van der Waals surface area contributed by atoms with Gasteiger partial charge in [0.2, 0.25) is 0 Å². The van der Waals surface area contributed by atoms with Gasteiger partial charge in [-0.25, -0.2) is 4.79 Å². The van der Waals surface area contributed by atoms with E-state index in [2.05, 4.69) is 0 Å². The third kappa shape index (κ3) is 4.33. The molecule has 0 aliphatic carbocycles. The summed E-state index contributed by atoms with van der Waals surface area (Å²) < 4.78 is 15.4. The standard InChI is InChI=1S/C15H12ClNO6/c1-21-13-4-2-3-5-14(13)22-9-15(18)23-12-7-6-10(17(19)20)8-11(12)16/h2-8H,9H2,1H3. The minimum atomic E-state index is -0.702. The summed E-state index contributed by atoms with van der Waals surface area (Å²) >= 11 is 5.84. The number of benzene rings is 2. The highest BCUT2D eigenvalue weighted by atomic mass is 35.5. The number of nitro groups is 1. The smallest absolute Gasteiger partial charge is 0.349 e. The lowest BCUT2D eigenvalue weighted by molar-refractivity contribution is -0.384. The average Bonchev–Trinajstić information content (AvgIpc) is 2.54. The molecular formula is C15H12ClNO6. The second-order valence-corrected chi connectivity index (χ2v) is 4.69. The molecule has 0 atom stereocenters. The summed E-state index contributed by atoms with van der Waals surface area (Å²) in [5.74, 6) is 0.188. The van der Waals surface area contributed by atoms with E-state index in [0.29, 0.717) is 11.5 Å². The SMILES string of the molecule is COc1ccccc1OCC(=O)Oc1ccc([N+](=O)[O-])cc1Cl. The molecule has 2 aromatic rings. The van der Waals surface area contributed by atoms with E-state index in [1.165, 1.54) is 19.2 Å². The van der Waals surface area contributed by atoms with Crippen LogP contribution in [-0.4, -0.2) is 24.6 Å². The zero-order valence-corrected chi connectivity index (χ0v) is 12.8. The van der Waals surface area contributed by atoms with Crippen LogP contribution in [0.25, 0.3) is 0 Å². The first-order valence-electron chi connectivity index (χ1n) is 6.41. The number of carbonyl (C=O) groups excluding carboxylic acids is 1. The van der Waals surface area contributed by atoms with Gasteiger partial charge in [0.25, 0.3) is 5.69 Å². The van der Waals surface area contributed by atoms with Crippen LogP contribution in [-0.2, 0) is 4.79 Å². The monoisotopic (exact) mass is 337 g/mol. The van der Waals surface area contributed by atoms with Crippen LogP contribution in [0.5, 0.6) is 17.2 Å². The molecule has 0 aliphatic rings. The zero-order chi connectivity index (χ0) is 16.8. The fraction of sp³-hybridized carbons (Fsp3) is 0.133. The first kappa shape index (κ1) is 16.6. The molecule has 0 N–H and O–H groups in total. The number of esters is 1. The molecule has 0 heterocycles. The zero-order valence-electron chi connectivity index (χ0n) is 12.0. The second-order valence-electron chi connectivity index (χ2n) is 4.29. The van der Waals surface area contributed by atoms with Crippen molar-refractivity contribution >= 4 is 23.3 Å². The maximum absolute atomic E-state index is 11.8. The first-order valence-corrected chi connectivity index (χ1v) is 6.79. The predicted octanol–water partition coefficient (Wildman–Crippen LogP) is 3.24. The Labute approximate surface area is 136 Å². The molecule has 0 unspecified atom stereocenters. The number of ether oxygens (including phenoxy) is 3. The number of rotatable bonds is 6. The van der Waals surface area contributed by atoms with Gasteiger partial charge >= 0.3 is 5.97 Å². The fourth-order valence-corrected chi connectivity index (χ4v) is 1.93. The van der Waals surface area contributed by atoms with Gasteiger partial charge in [0.05, 0.1) is 17.1 Å². The number of nitro benzene ring substituents is 1. The molecule has 8 heteroatoms. The van der Waals surface area contributed by atoms with Crippen molar-refractivity contribution in [3.05, 3.63) is 57.6 Å². The van der Waals surface area contributed by atoms with Crippen molar-refractivity contribution in [1.29, 1.82) is 0 Å². The van der Waals surface area contributed by atoms with Gasteiger partial charge in [-0.3, -0.25) is 10.1 Å². The van der Waals surface area contributed by atoms with Crippen LogP contribution in [0.4, 0.5) is 5.69 Å². The molecule has 0 bridgehead atoms. The van der Waals surface area contributed by atoms with Crippen molar-refractivity contribution < 1.29 is 23.9 Å². The van der Waals surface area contributed by atoms with Gasteiger partial charge in [-0.05, 0) is 18.2 Å². The summed E-state index contributed by atoms with van der Waals surface area (Å²) in [4.78, 5) is 21.8. The van der Waals surface area contributed by atoms with E-state index < -0.39 is 10.9 Å². The Morgan fingerprint density at radius 2 is 1.87 bits per heavy atom. The van der Waals surface area contributed by atoms with Gasteiger partial charge in [0.15, 0.2) is 18.1 Å². The van der Waals surface area contributed by atoms with Crippen molar-refractivity contribution in [2.45, 2.75) is 0 Å². The lowest BCUT2D eigenvalue weighted by Gasteiger charge is -2.10. The van der Waals surface area contributed by atoms with Gasteiger partial charge < -0.3 is 14.2 Å². The predicted molar refractivity (Wildman–Crippen MR) is 82.2 cm³/mol. The van der Waals surface area contributed by atoms with E-state index in [1.807, 2.05) is 0 Å². The molecule has 23 heavy (non-hydrogen) atoms. The Balaban J connectivity index is 1.98. The molecule has 0 amide bonds. The highest BCUT2D eigenvalue weighted by Crippen LogP contribution is 2.29. The second kappa shape index (κ2) is 7.46. The van der Waals surface area contributed by atoms with E-state index in [0.717, 1.165) is 6.07 Å². The van der Waals surface area contributed by atoms with Crippen molar-refractivity contribution in [3.63, 3.8) is 0 Å². The van der Waals surface area contributed by atoms with Gasteiger partial charge in [-0.2, -0.15) is 0 Å². The highest BCUT2D eigenvalue weighted by Gasteiger charge is 2.14. The molecule has 0 aliphatic heterocycles. The van der Waals surface area contributed by atoms with Crippen molar-refractivity contribution in [2.75, 3.05) is 13.7 Å². The average molecular weight is 338 g/mol. The van der Waals surface area contributed by atoms with Gasteiger partial charge in [0.1, 0.15) is 5.75 Å². The number of halogens is 1. The van der Waals surface area contributed by atoms with E-state index in [-0.39, 0.29) is 23.1 Å².